The summed E-state index contributed by atoms with van der Waals surface area (Å²) in [6.45, 7) is 1.16. The Balaban J connectivity index is 1.60. The molecule has 0 aliphatic carbocycles. The Hall–Kier alpha value is -3.31. The highest BCUT2D eigenvalue weighted by atomic mass is 32.2. The molecule has 3 aromatic rings. The van der Waals surface area contributed by atoms with Crippen LogP contribution < -0.4 is 5.32 Å². The fourth-order valence-corrected chi connectivity index (χ4v) is 4.33. The number of hydrogen-bond acceptors (Lipinski definition) is 8. The molecule has 0 aliphatic rings. The molecule has 0 atom stereocenters. The van der Waals surface area contributed by atoms with Crippen LogP contribution in [0.3, 0.4) is 0 Å². The first kappa shape index (κ1) is 22.4. The smallest absolute Gasteiger partial charge is 0.338 e. The van der Waals surface area contributed by atoms with Crippen LogP contribution in [-0.4, -0.2) is 28.4 Å². The highest BCUT2D eigenvalue weighted by molar-refractivity contribution is 8.01. The lowest BCUT2D eigenvalue weighted by Gasteiger charge is -2.08. The number of nitrogens with one attached hydrogen (secondary N) is 1. The van der Waals surface area contributed by atoms with Gasteiger partial charge in [-0.2, -0.15) is 0 Å². The van der Waals surface area contributed by atoms with E-state index < -0.39 is 29.2 Å². The molecule has 2 aromatic carbocycles. The van der Waals surface area contributed by atoms with Crippen LogP contribution in [0.15, 0.2) is 57.1 Å². The zero-order valence-corrected chi connectivity index (χ0v) is 17.8. The van der Waals surface area contributed by atoms with Gasteiger partial charge in [0.05, 0.1) is 15.4 Å². The molecule has 0 aliphatic heterocycles. The number of esters is 1. The van der Waals surface area contributed by atoms with Crippen molar-refractivity contribution in [3.63, 3.8) is 0 Å². The standard InChI is InChI=1S/C20H16FN3O5S2/c1-12-11-30-20(23-12)31-17-7-6-13(8-16(17)24(27)28)19(26)29-10-18(25)22-9-14-4-2-3-5-15(14)21/h2-8,11H,9-10H2,1H3,(H,22,25). The molecule has 0 saturated heterocycles. The van der Waals surface area contributed by atoms with Crippen molar-refractivity contribution in [1.29, 1.82) is 0 Å². The largest absolute Gasteiger partial charge is 0.452 e. The molecule has 1 heterocycles. The van der Waals surface area contributed by atoms with E-state index in [4.69, 9.17) is 4.74 Å². The maximum absolute atomic E-state index is 13.6. The number of rotatable bonds is 8. The van der Waals surface area contributed by atoms with Crippen LogP contribution >= 0.6 is 23.1 Å². The second-order valence-electron chi connectivity index (χ2n) is 6.24. The third-order valence-corrected chi connectivity index (χ3v) is 6.08. The summed E-state index contributed by atoms with van der Waals surface area (Å²) in [5.74, 6) is -1.97. The summed E-state index contributed by atoms with van der Waals surface area (Å²) in [7, 11) is 0. The Labute approximate surface area is 184 Å². The van der Waals surface area contributed by atoms with E-state index in [2.05, 4.69) is 10.3 Å². The maximum Gasteiger partial charge on any atom is 0.338 e. The third kappa shape index (κ3) is 6.09. The Bertz CT molecular complexity index is 1140. The number of nitro benzene ring substituents is 1. The number of amides is 1. The number of ether oxygens (including phenoxy) is 1. The topological polar surface area (TPSA) is 111 Å². The number of thiazole rings is 1. The molecule has 11 heteroatoms. The van der Waals surface area contributed by atoms with Crippen LogP contribution in [0.2, 0.25) is 0 Å². The minimum absolute atomic E-state index is 0.0589. The van der Waals surface area contributed by atoms with Crippen molar-refractivity contribution in [3.8, 4) is 0 Å². The molecule has 0 spiro atoms. The van der Waals surface area contributed by atoms with E-state index in [9.17, 15) is 24.1 Å². The second-order valence-corrected chi connectivity index (χ2v) is 8.39. The van der Waals surface area contributed by atoms with E-state index in [1.54, 1.807) is 6.07 Å². The van der Waals surface area contributed by atoms with E-state index in [1.165, 1.54) is 41.7 Å². The highest BCUT2D eigenvalue weighted by Gasteiger charge is 2.20. The Morgan fingerprint density at radius 2 is 2.06 bits per heavy atom. The van der Waals surface area contributed by atoms with Crippen LogP contribution in [0.1, 0.15) is 21.6 Å². The molecule has 0 radical (unpaired) electrons. The second kappa shape index (κ2) is 10.1. The Morgan fingerprint density at radius 3 is 2.74 bits per heavy atom. The van der Waals surface area contributed by atoms with Gasteiger partial charge in [-0.1, -0.05) is 30.0 Å². The summed E-state index contributed by atoms with van der Waals surface area (Å²) in [5.41, 5.74) is 0.773. The number of aryl methyl sites for hydroxylation is 1. The Morgan fingerprint density at radius 1 is 1.29 bits per heavy atom. The lowest BCUT2D eigenvalue weighted by Crippen LogP contribution is -2.28. The number of carbonyl (C=O) groups is 2. The van der Waals surface area contributed by atoms with Crippen molar-refractivity contribution < 1.29 is 23.6 Å². The lowest BCUT2D eigenvalue weighted by molar-refractivity contribution is -0.387. The van der Waals surface area contributed by atoms with Gasteiger partial charge < -0.3 is 10.1 Å². The van der Waals surface area contributed by atoms with Crippen molar-refractivity contribution in [2.24, 2.45) is 0 Å². The average molecular weight is 461 g/mol. The molecule has 1 aromatic heterocycles. The molecule has 31 heavy (non-hydrogen) atoms. The quantitative estimate of drug-likeness (QED) is 0.305. The minimum Gasteiger partial charge on any atom is -0.452 e. The van der Waals surface area contributed by atoms with Crippen LogP contribution in [-0.2, 0) is 16.1 Å². The van der Waals surface area contributed by atoms with Crippen LogP contribution in [0, 0.1) is 22.9 Å². The number of hydrogen-bond donors (Lipinski definition) is 1. The molecule has 1 amide bonds. The lowest BCUT2D eigenvalue weighted by atomic mass is 10.2. The third-order valence-electron chi connectivity index (χ3n) is 3.95. The molecule has 1 N–H and O–H groups in total. The van der Waals surface area contributed by atoms with Gasteiger partial charge in [0.25, 0.3) is 11.6 Å². The molecule has 0 bridgehead atoms. The average Bonchev–Trinajstić information content (AvgIpc) is 3.16. The van der Waals surface area contributed by atoms with Gasteiger partial charge >= 0.3 is 5.97 Å². The molecular weight excluding hydrogens is 445 g/mol. The number of carbonyl (C=O) groups excluding carboxylic acids is 2. The van der Waals surface area contributed by atoms with Gasteiger partial charge in [-0.15, -0.1) is 11.3 Å². The molecule has 0 saturated carbocycles. The van der Waals surface area contributed by atoms with Crippen molar-refractivity contribution in [1.82, 2.24) is 10.3 Å². The van der Waals surface area contributed by atoms with E-state index in [0.717, 1.165) is 23.5 Å². The van der Waals surface area contributed by atoms with Crippen molar-refractivity contribution in [2.45, 2.75) is 22.7 Å². The number of nitrogens with zero attached hydrogens (tertiary/aromatic N) is 2. The summed E-state index contributed by atoms with van der Waals surface area (Å²) in [6, 6.07) is 9.88. The van der Waals surface area contributed by atoms with Gasteiger partial charge in [-0.25, -0.2) is 14.2 Å². The normalized spacial score (nSPS) is 10.5. The summed E-state index contributed by atoms with van der Waals surface area (Å²) in [5, 5.41) is 15.7. The summed E-state index contributed by atoms with van der Waals surface area (Å²) in [4.78, 5) is 39.5. The predicted molar refractivity (Wildman–Crippen MR) is 113 cm³/mol. The zero-order chi connectivity index (χ0) is 22.4. The number of nitro groups is 1. The molecule has 0 unspecified atom stereocenters. The van der Waals surface area contributed by atoms with E-state index >= 15 is 0 Å². The van der Waals surface area contributed by atoms with E-state index in [0.29, 0.717) is 14.8 Å². The van der Waals surface area contributed by atoms with Gasteiger partial charge in [-0.05, 0) is 25.1 Å². The maximum atomic E-state index is 13.6. The van der Waals surface area contributed by atoms with Crippen LogP contribution in [0.5, 0.6) is 0 Å². The summed E-state index contributed by atoms with van der Waals surface area (Å²) >= 11 is 2.49. The van der Waals surface area contributed by atoms with Crippen LogP contribution in [0.4, 0.5) is 10.1 Å². The zero-order valence-electron chi connectivity index (χ0n) is 16.2. The summed E-state index contributed by atoms with van der Waals surface area (Å²) in [6.07, 6.45) is 0. The van der Waals surface area contributed by atoms with Crippen molar-refractivity contribution in [2.75, 3.05) is 6.61 Å². The molecule has 0 fully saturated rings. The van der Waals surface area contributed by atoms with Gasteiger partial charge in [0.1, 0.15) is 5.82 Å². The molecule has 160 valence electrons. The van der Waals surface area contributed by atoms with E-state index in [-0.39, 0.29) is 17.8 Å². The minimum atomic E-state index is -0.884. The monoisotopic (exact) mass is 461 g/mol. The van der Waals surface area contributed by atoms with Crippen molar-refractivity contribution >= 4 is 40.7 Å². The summed E-state index contributed by atoms with van der Waals surface area (Å²) < 4.78 is 19.1. The highest BCUT2D eigenvalue weighted by Crippen LogP contribution is 2.36. The number of benzene rings is 2. The van der Waals surface area contributed by atoms with Crippen molar-refractivity contribution in [3.05, 3.63) is 80.6 Å². The van der Waals surface area contributed by atoms with E-state index in [1.807, 2.05) is 12.3 Å². The van der Waals surface area contributed by atoms with Crippen LogP contribution in [0.25, 0.3) is 0 Å². The molecule has 8 nitrogen and oxygen atoms in total. The van der Waals surface area contributed by atoms with Gasteiger partial charge in [0, 0.05) is 29.2 Å². The molecule has 3 rings (SSSR count). The number of aromatic nitrogens is 1. The Kier molecular flexibility index (Phi) is 7.32. The fraction of sp³-hybridized carbons (Fsp3) is 0.150. The molecular formula is C20H16FN3O5S2. The first-order valence-corrected chi connectivity index (χ1v) is 10.6. The van der Waals surface area contributed by atoms with Gasteiger partial charge in [-0.3, -0.25) is 14.9 Å². The SMILES string of the molecule is Cc1csc(Sc2ccc(C(=O)OCC(=O)NCc3ccccc3F)cc2[N+](=O)[O-])n1. The first-order chi connectivity index (χ1) is 14.8. The predicted octanol–water partition coefficient (Wildman–Crippen LogP) is 4.12. The van der Waals surface area contributed by atoms with Gasteiger partial charge in [0.15, 0.2) is 10.9 Å². The number of halogens is 1. The fourth-order valence-electron chi connectivity index (χ4n) is 2.45. The first-order valence-electron chi connectivity index (χ1n) is 8.89. The van der Waals surface area contributed by atoms with Gasteiger partial charge in [0.2, 0.25) is 0 Å².